The zero-order chi connectivity index (χ0) is 30.4. The van der Waals surface area contributed by atoms with Crippen LogP contribution in [-0.4, -0.2) is 73.5 Å². The Balaban J connectivity index is 1.82. The maximum Gasteiger partial charge on any atom is 0.326 e. The van der Waals surface area contributed by atoms with Crippen LogP contribution in [0.1, 0.15) is 18.9 Å². The fourth-order valence-corrected chi connectivity index (χ4v) is 6.57. The molecular weight excluding hydrogens is 560 g/mol. The van der Waals surface area contributed by atoms with Crippen molar-refractivity contribution in [3.63, 3.8) is 0 Å². The number of fused-ring (bicyclic) bond motifs is 2. The van der Waals surface area contributed by atoms with Crippen LogP contribution in [0.3, 0.4) is 0 Å². The Kier molecular flexibility index (Phi) is 9.60. The number of hydrogen-bond donors (Lipinski definition) is 0. The summed E-state index contributed by atoms with van der Waals surface area (Å²) in [4.78, 5) is 26.5. The van der Waals surface area contributed by atoms with Gasteiger partial charge in [0, 0.05) is 36.0 Å². The average molecular weight is 595 g/mol. The Hall–Kier alpha value is -4.27. The maximum atomic E-state index is 14.2. The first-order chi connectivity index (χ1) is 20.1. The number of ether oxygens (including phenoxy) is 4. The molecule has 0 amide bonds. The molecule has 4 rings (SSSR count). The van der Waals surface area contributed by atoms with E-state index in [2.05, 4.69) is 5.92 Å². The first-order valence-corrected chi connectivity index (χ1v) is 14.7. The Morgan fingerprint density at radius 2 is 1.69 bits per heavy atom. The largest absolute Gasteiger partial charge is 0.487 e. The molecule has 0 aromatic heterocycles. The van der Waals surface area contributed by atoms with E-state index in [-0.39, 0.29) is 41.7 Å². The summed E-state index contributed by atoms with van der Waals surface area (Å²) in [7, 11) is -0.133. The molecule has 3 aromatic rings. The number of hydrogen-bond acceptors (Lipinski definition) is 9. The van der Waals surface area contributed by atoms with Gasteiger partial charge in [0.1, 0.15) is 18.4 Å². The zero-order valence-corrected chi connectivity index (χ0v) is 24.8. The summed E-state index contributed by atoms with van der Waals surface area (Å²) < 4.78 is 50.2. The minimum absolute atomic E-state index is 0.0145. The van der Waals surface area contributed by atoms with Gasteiger partial charge in [0.15, 0.2) is 0 Å². The summed E-state index contributed by atoms with van der Waals surface area (Å²) in [6.45, 7) is 1.89. The molecule has 1 aliphatic heterocycles. The van der Waals surface area contributed by atoms with Crippen molar-refractivity contribution in [1.82, 2.24) is 0 Å². The fraction of sp³-hybridized carbons (Fsp3) is 0.355. The third-order valence-electron chi connectivity index (χ3n) is 7.15. The standard InChI is InChI=1S/C31H34N2O8S/c1-6-15-32(21(2)16-30(34)39-4)27-12-13-28(26-10-8-7-9-25(26)27)33(19-31(35)40-5)42(36,37)24-11-14-29-22(18-24)17-23(41-29)20-38-3/h1,7-14,18,21,23H,15-17,19-20H2,2-5H3/t21-,23?/m0/s1. The highest BCUT2D eigenvalue weighted by Gasteiger charge is 2.32. The third kappa shape index (κ3) is 6.30. The molecular formula is C31H34N2O8S. The van der Waals surface area contributed by atoms with E-state index in [0.29, 0.717) is 35.2 Å². The van der Waals surface area contributed by atoms with Crippen LogP contribution in [0.15, 0.2) is 59.5 Å². The minimum Gasteiger partial charge on any atom is -0.487 e. The lowest BCUT2D eigenvalue weighted by Crippen LogP contribution is -2.37. The van der Waals surface area contributed by atoms with E-state index in [1.54, 1.807) is 43.5 Å². The lowest BCUT2D eigenvalue weighted by Gasteiger charge is -2.32. The van der Waals surface area contributed by atoms with Gasteiger partial charge in [-0.15, -0.1) is 6.42 Å². The van der Waals surface area contributed by atoms with Crippen LogP contribution in [-0.2, 0) is 40.2 Å². The number of terminal acetylenes is 1. The van der Waals surface area contributed by atoms with Crippen LogP contribution in [0.5, 0.6) is 5.75 Å². The van der Waals surface area contributed by atoms with Crippen molar-refractivity contribution in [1.29, 1.82) is 0 Å². The van der Waals surface area contributed by atoms with Gasteiger partial charge in [-0.05, 0) is 42.8 Å². The number of sulfonamides is 1. The lowest BCUT2D eigenvalue weighted by molar-refractivity contribution is -0.141. The molecule has 11 heteroatoms. The van der Waals surface area contributed by atoms with Crippen molar-refractivity contribution in [2.45, 2.75) is 36.8 Å². The topological polar surface area (TPSA) is 112 Å². The SMILES string of the molecule is C#CCN(c1ccc(N(CC(=O)OC)S(=O)(=O)c2ccc3c(c2)CC(COC)O3)c2ccccc12)[C@@H](C)CC(=O)OC. The predicted octanol–water partition coefficient (Wildman–Crippen LogP) is 3.55. The van der Waals surface area contributed by atoms with Gasteiger partial charge in [0.05, 0.1) is 44.4 Å². The molecule has 0 radical (unpaired) electrons. The Morgan fingerprint density at radius 3 is 2.33 bits per heavy atom. The number of benzene rings is 3. The van der Waals surface area contributed by atoms with Crippen LogP contribution in [0.25, 0.3) is 10.8 Å². The monoisotopic (exact) mass is 594 g/mol. The minimum atomic E-state index is -4.24. The predicted molar refractivity (Wildman–Crippen MR) is 159 cm³/mol. The number of anilines is 2. The molecule has 1 heterocycles. The van der Waals surface area contributed by atoms with Crippen LogP contribution >= 0.6 is 0 Å². The van der Waals surface area contributed by atoms with E-state index in [0.717, 1.165) is 9.87 Å². The number of esters is 2. The van der Waals surface area contributed by atoms with E-state index >= 15 is 0 Å². The fourth-order valence-electron chi connectivity index (χ4n) is 5.09. The number of nitrogens with zero attached hydrogens (tertiary/aromatic N) is 2. The van der Waals surface area contributed by atoms with Crippen LogP contribution in [0, 0.1) is 12.3 Å². The first kappa shape index (κ1) is 30.7. The van der Waals surface area contributed by atoms with Crippen LogP contribution in [0.4, 0.5) is 11.4 Å². The highest BCUT2D eigenvalue weighted by atomic mass is 32.2. The van der Waals surface area contributed by atoms with Gasteiger partial charge in [0.25, 0.3) is 10.0 Å². The number of carbonyl (C=O) groups excluding carboxylic acids is 2. The molecule has 1 aliphatic rings. The van der Waals surface area contributed by atoms with Crippen molar-refractivity contribution >= 4 is 44.1 Å². The van der Waals surface area contributed by atoms with E-state index in [9.17, 15) is 18.0 Å². The molecule has 3 aromatic carbocycles. The van der Waals surface area contributed by atoms with Gasteiger partial charge < -0.3 is 23.8 Å². The Morgan fingerprint density at radius 1 is 1.02 bits per heavy atom. The molecule has 10 nitrogen and oxygen atoms in total. The van der Waals surface area contributed by atoms with E-state index in [1.165, 1.54) is 20.3 Å². The van der Waals surface area contributed by atoms with Crippen molar-refractivity contribution < 1.29 is 37.0 Å². The molecule has 42 heavy (non-hydrogen) atoms. The van der Waals surface area contributed by atoms with Gasteiger partial charge in [-0.25, -0.2) is 8.42 Å². The van der Waals surface area contributed by atoms with Crippen molar-refractivity contribution in [2.75, 3.05) is 50.2 Å². The second-order valence-corrected chi connectivity index (χ2v) is 11.7. The molecule has 0 saturated heterocycles. The van der Waals surface area contributed by atoms with E-state index in [1.807, 2.05) is 24.0 Å². The van der Waals surface area contributed by atoms with E-state index < -0.39 is 22.5 Å². The van der Waals surface area contributed by atoms with Gasteiger partial charge in [-0.1, -0.05) is 30.2 Å². The summed E-state index contributed by atoms with van der Waals surface area (Å²) >= 11 is 0. The molecule has 2 atom stereocenters. The molecule has 0 spiro atoms. The Labute approximate surface area is 246 Å². The highest BCUT2D eigenvalue weighted by molar-refractivity contribution is 7.92. The number of methoxy groups -OCH3 is 3. The zero-order valence-electron chi connectivity index (χ0n) is 24.0. The molecule has 0 aliphatic carbocycles. The van der Waals surface area contributed by atoms with Crippen molar-refractivity contribution in [2.24, 2.45) is 0 Å². The second-order valence-electron chi connectivity index (χ2n) is 9.87. The summed E-state index contributed by atoms with van der Waals surface area (Å²) in [5.41, 5.74) is 1.73. The van der Waals surface area contributed by atoms with Gasteiger partial charge in [-0.2, -0.15) is 0 Å². The molecule has 1 unspecified atom stereocenters. The second kappa shape index (κ2) is 13.1. The molecule has 0 N–H and O–H groups in total. The highest BCUT2D eigenvalue weighted by Crippen LogP contribution is 2.39. The van der Waals surface area contributed by atoms with Crippen molar-refractivity contribution in [3.8, 4) is 18.1 Å². The quantitative estimate of drug-likeness (QED) is 0.230. The average Bonchev–Trinajstić information content (AvgIpc) is 3.40. The summed E-state index contributed by atoms with van der Waals surface area (Å²) in [5, 5.41) is 1.26. The lowest BCUT2D eigenvalue weighted by atomic mass is 10.0. The van der Waals surface area contributed by atoms with Gasteiger partial charge >= 0.3 is 11.9 Å². The van der Waals surface area contributed by atoms with Crippen molar-refractivity contribution in [3.05, 3.63) is 60.2 Å². The van der Waals surface area contributed by atoms with E-state index in [4.69, 9.17) is 25.4 Å². The Bertz CT molecular complexity index is 1610. The number of rotatable bonds is 12. The van der Waals surface area contributed by atoms with Gasteiger partial charge in [-0.3, -0.25) is 13.9 Å². The molecule has 0 saturated carbocycles. The summed E-state index contributed by atoms with van der Waals surface area (Å²) in [5.74, 6) is 2.13. The summed E-state index contributed by atoms with van der Waals surface area (Å²) in [6, 6.07) is 15.0. The summed E-state index contributed by atoms with van der Waals surface area (Å²) in [6.07, 6.45) is 6.07. The maximum absolute atomic E-state index is 14.2. The normalized spacial score (nSPS) is 14.8. The molecule has 0 fully saturated rings. The number of carbonyl (C=O) groups is 2. The first-order valence-electron chi connectivity index (χ1n) is 13.3. The van der Waals surface area contributed by atoms with Crippen LogP contribution in [0.2, 0.25) is 0 Å². The third-order valence-corrected chi connectivity index (χ3v) is 8.91. The molecule has 0 bridgehead atoms. The van der Waals surface area contributed by atoms with Gasteiger partial charge in [0.2, 0.25) is 0 Å². The molecule has 222 valence electrons. The smallest absolute Gasteiger partial charge is 0.326 e. The van der Waals surface area contributed by atoms with Crippen LogP contribution < -0.4 is 13.9 Å².